The van der Waals surface area contributed by atoms with E-state index in [2.05, 4.69) is 43.4 Å². The number of nitrogens with one attached hydrogen (secondary N) is 1. The van der Waals surface area contributed by atoms with Gasteiger partial charge in [-0.25, -0.2) is 9.46 Å². The van der Waals surface area contributed by atoms with Gasteiger partial charge in [0.05, 0.1) is 25.2 Å². The zero-order chi connectivity index (χ0) is 23.1. The summed E-state index contributed by atoms with van der Waals surface area (Å²) in [4.78, 5) is 26.1. The van der Waals surface area contributed by atoms with Gasteiger partial charge in [-0.1, -0.05) is 6.92 Å². The van der Waals surface area contributed by atoms with Gasteiger partial charge in [-0.3, -0.25) is 14.3 Å². The minimum absolute atomic E-state index is 0.147. The summed E-state index contributed by atoms with van der Waals surface area (Å²) in [6.45, 7) is 10.5. The fraction of sp³-hybridized carbons (Fsp3) is 0.750. The summed E-state index contributed by atoms with van der Waals surface area (Å²) >= 11 is 0. The van der Waals surface area contributed by atoms with Crippen molar-refractivity contribution in [3.63, 3.8) is 0 Å². The van der Waals surface area contributed by atoms with Crippen LogP contribution in [0.25, 0.3) is 0 Å². The van der Waals surface area contributed by atoms with Gasteiger partial charge in [0.2, 0.25) is 0 Å². The molecule has 2 heterocycles. The van der Waals surface area contributed by atoms with Crippen molar-refractivity contribution in [2.24, 2.45) is 0 Å². The molecule has 1 fully saturated rings. The summed E-state index contributed by atoms with van der Waals surface area (Å²) in [6, 6.07) is 3.65. The molecular weight excluding hydrogens is 423 g/mol. The van der Waals surface area contributed by atoms with E-state index in [1.165, 1.54) is 23.9 Å². The molecule has 1 aromatic rings. The molecule has 0 aliphatic carbocycles. The molecule has 1 aromatic heterocycles. The Labute approximate surface area is 184 Å². The summed E-state index contributed by atoms with van der Waals surface area (Å²) in [5.41, 5.74) is -1.06. The predicted molar refractivity (Wildman–Crippen MR) is 116 cm³/mol. The van der Waals surface area contributed by atoms with Gasteiger partial charge in [0.15, 0.2) is 6.23 Å². The van der Waals surface area contributed by atoms with E-state index in [9.17, 15) is 9.59 Å². The van der Waals surface area contributed by atoms with Gasteiger partial charge in [0, 0.05) is 31.5 Å². The minimum Gasteiger partial charge on any atom is -0.374 e. The number of nitrogens with zero attached hydrogens (tertiary/aromatic N) is 3. The molecule has 11 heteroatoms. The molecule has 1 aliphatic heterocycles. The van der Waals surface area contributed by atoms with Gasteiger partial charge in [-0.15, -0.1) is 0 Å². The normalized spacial score (nSPS) is 24.8. The number of ether oxygens (including phenoxy) is 2. The molecule has 0 aromatic carbocycles. The standard InChI is InChI=1S/C20H33N4O6P/c1-7-15-17(30-31(28-12-8-10-21)24(13(2)3)14(4)5)18(27-6)19(29-15)23-11-9-16(25)22-20(23)26/h9,11,13-15,17-19H,7-8,12H2,1-6H3,(H,22,25,26)/t15-,17-,18-,19-,31?/m1/s1. The maximum atomic E-state index is 12.3. The van der Waals surface area contributed by atoms with Gasteiger partial charge in [-0.2, -0.15) is 5.26 Å². The molecular formula is C20H33N4O6P. The first-order valence-corrected chi connectivity index (χ1v) is 11.6. The van der Waals surface area contributed by atoms with Crippen LogP contribution < -0.4 is 11.2 Å². The Morgan fingerprint density at radius 3 is 2.48 bits per heavy atom. The van der Waals surface area contributed by atoms with E-state index in [4.69, 9.17) is 23.8 Å². The van der Waals surface area contributed by atoms with E-state index in [0.717, 1.165) is 0 Å². The molecule has 1 unspecified atom stereocenters. The summed E-state index contributed by atoms with van der Waals surface area (Å²) in [7, 11) is 0.0213. The number of hydrogen-bond acceptors (Lipinski definition) is 8. The van der Waals surface area contributed by atoms with Crippen molar-refractivity contribution in [1.82, 2.24) is 14.2 Å². The number of methoxy groups -OCH3 is 1. The van der Waals surface area contributed by atoms with Crippen LogP contribution in [0.2, 0.25) is 0 Å². The van der Waals surface area contributed by atoms with Crippen molar-refractivity contribution < 1.29 is 18.5 Å². The summed E-state index contributed by atoms with van der Waals surface area (Å²) in [6.07, 6.45) is 0.0725. The van der Waals surface area contributed by atoms with E-state index >= 15 is 0 Å². The zero-order valence-corrected chi connectivity index (χ0v) is 19.9. The SMILES string of the molecule is CC[C@H]1O[C@@H](n2ccc(=O)[nH]c2=O)[C@H](OC)[C@@H]1OP(OCCC#N)N(C(C)C)C(C)C. The Hall–Kier alpha value is -1.60. The highest BCUT2D eigenvalue weighted by molar-refractivity contribution is 7.44. The number of nitriles is 1. The molecule has 5 atom stereocenters. The largest absolute Gasteiger partial charge is 0.374 e. The average Bonchev–Trinajstić information content (AvgIpc) is 3.04. The van der Waals surface area contributed by atoms with Crippen LogP contribution >= 0.6 is 8.53 Å². The van der Waals surface area contributed by atoms with Crippen molar-refractivity contribution >= 4 is 8.53 Å². The highest BCUT2D eigenvalue weighted by Gasteiger charge is 2.48. The topological polar surface area (TPSA) is 119 Å². The first kappa shape index (κ1) is 25.7. The zero-order valence-electron chi connectivity index (χ0n) is 19.0. The highest BCUT2D eigenvalue weighted by Crippen LogP contribution is 2.50. The van der Waals surface area contributed by atoms with Gasteiger partial charge in [0.1, 0.15) is 12.2 Å². The Balaban J connectivity index is 2.35. The van der Waals surface area contributed by atoms with Gasteiger partial charge in [-0.05, 0) is 34.1 Å². The van der Waals surface area contributed by atoms with Crippen LogP contribution in [0.4, 0.5) is 0 Å². The van der Waals surface area contributed by atoms with Crippen LogP contribution in [0.15, 0.2) is 21.9 Å². The van der Waals surface area contributed by atoms with Crippen molar-refractivity contribution in [1.29, 1.82) is 5.26 Å². The van der Waals surface area contributed by atoms with E-state index in [0.29, 0.717) is 6.42 Å². The van der Waals surface area contributed by atoms with E-state index in [1.807, 2.05) is 6.92 Å². The second-order valence-electron chi connectivity index (χ2n) is 7.81. The van der Waals surface area contributed by atoms with Crippen LogP contribution in [-0.4, -0.2) is 58.3 Å². The second-order valence-corrected chi connectivity index (χ2v) is 9.21. The molecule has 0 bridgehead atoms. The fourth-order valence-corrected chi connectivity index (χ4v) is 5.43. The molecule has 10 nitrogen and oxygen atoms in total. The lowest BCUT2D eigenvalue weighted by Crippen LogP contribution is -2.41. The Morgan fingerprint density at radius 2 is 1.97 bits per heavy atom. The number of aromatic amines is 1. The van der Waals surface area contributed by atoms with Crippen molar-refractivity contribution in [3.8, 4) is 6.07 Å². The van der Waals surface area contributed by atoms with E-state index in [1.54, 1.807) is 0 Å². The second kappa shape index (κ2) is 11.9. The Morgan fingerprint density at radius 1 is 1.29 bits per heavy atom. The van der Waals surface area contributed by atoms with Crippen LogP contribution in [0.3, 0.4) is 0 Å². The van der Waals surface area contributed by atoms with Crippen LogP contribution in [0.1, 0.15) is 53.7 Å². The highest BCUT2D eigenvalue weighted by atomic mass is 31.2. The molecule has 1 N–H and O–H groups in total. The third-order valence-corrected chi connectivity index (χ3v) is 7.09. The van der Waals surface area contributed by atoms with E-state index in [-0.39, 0.29) is 31.2 Å². The van der Waals surface area contributed by atoms with Crippen LogP contribution in [0, 0.1) is 11.3 Å². The lowest BCUT2D eigenvalue weighted by Gasteiger charge is -2.38. The molecule has 1 aliphatic rings. The number of H-pyrrole nitrogens is 1. The number of hydrogen-bond donors (Lipinski definition) is 1. The van der Waals surface area contributed by atoms with E-state index < -0.39 is 38.2 Å². The van der Waals surface area contributed by atoms with Gasteiger partial charge in [0.25, 0.3) is 14.1 Å². The molecule has 0 spiro atoms. The molecule has 0 saturated carbocycles. The molecule has 2 rings (SSSR count). The monoisotopic (exact) mass is 456 g/mol. The predicted octanol–water partition coefficient (Wildman–Crippen LogP) is 2.52. The van der Waals surface area contributed by atoms with Crippen molar-refractivity contribution in [2.75, 3.05) is 13.7 Å². The summed E-state index contributed by atoms with van der Waals surface area (Å²) < 4.78 is 27.8. The lowest BCUT2D eigenvalue weighted by atomic mass is 10.1. The summed E-state index contributed by atoms with van der Waals surface area (Å²) in [5, 5.41) is 8.91. The van der Waals surface area contributed by atoms with Crippen LogP contribution in [0.5, 0.6) is 0 Å². The molecule has 174 valence electrons. The van der Waals surface area contributed by atoms with Crippen LogP contribution in [-0.2, 0) is 18.5 Å². The van der Waals surface area contributed by atoms with Gasteiger partial charge < -0.3 is 18.5 Å². The summed E-state index contributed by atoms with van der Waals surface area (Å²) in [5.74, 6) is 0. The minimum atomic E-state index is -1.51. The third kappa shape index (κ3) is 6.22. The first-order chi connectivity index (χ1) is 14.7. The molecule has 0 amide bonds. The fourth-order valence-electron chi connectivity index (χ4n) is 3.66. The maximum absolute atomic E-state index is 12.3. The van der Waals surface area contributed by atoms with Crippen molar-refractivity contribution in [2.45, 2.75) is 84.1 Å². The Bertz CT molecular complexity index is 843. The smallest absolute Gasteiger partial charge is 0.330 e. The van der Waals surface area contributed by atoms with Crippen molar-refractivity contribution in [3.05, 3.63) is 33.1 Å². The first-order valence-electron chi connectivity index (χ1n) is 10.5. The molecule has 0 radical (unpaired) electrons. The Kier molecular flexibility index (Phi) is 9.82. The number of aromatic nitrogens is 2. The lowest BCUT2D eigenvalue weighted by molar-refractivity contribution is -0.0539. The number of rotatable bonds is 11. The molecule has 31 heavy (non-hydrogen) atoms. The quantitative estimate of drug-likeness (QED) is 0.399. The van der Waals surface area contributed by atoms with Gasteiger partial charge >= 0.3 is 5.69 Å². The molecule has 1 saturated heterocycles. The average molecular weight is 456 g/mol. The maximum Gasteiger partial charge on any atom is 0.330 e. The third-order valence-electron chi connectivity index (χ3n) is 4.96.